The van der Waals surface area contributed by atoms with Crippen molar-refractivity contribution in [2.75, 3.05) is 5.73 Å². The molecule has 1 heterocycles. The largest absolute Gasteiger partial charge is 0.416 e. The molecule has 4 N–H and O–H groups in total. The number of anilines is 1. The highest BCUT2D eigenvalue weighted by Crippen LogP contribution is 2.33. The number of benzene rings is 1. The number of halogens is 4. The molecule has 0 bridgehead atoms. The lowest BCUT2D eigenvalue weighted by Gasteiger charge is -2.16. The summed E-state index contributed by atoms with van der Waals surface area (Å²) in [6.07, 6.45) is -3.16. The number of aromatic nitrogens is 1. The van der Waals surface area contributed by atoms with Crippen LogP contribution in [0.2, 0.25) is 0 Å². The van der Waals surface area contributed by atoms with Crippen LogP contribution in [0.3, 0.4) is 0 Å². The summed E-state index contributed by atoms with van der Waals surface area (Å²) in [5.41, 5.74) is 10.4. The predicted molar refractivity (Wildman–Crippen MR) is 66.1 cm³/mol. The van der Waals surface area contributed by atoms with Crippen molar-refractivity contribution in [3.05, 3.63) is 59.0 Å². The Kier molecular flexibility index (Phi) is 3.63. The van der Waals surface area contributed by atoms with E-state index in [1.807, 2.05) is 0 Å². The van der Waals surface area contributed by atoms with Crippen LogP contribution in [0.5, 0.6) is 0 Å². The number of hydrogen-bond acceptors (Lipinski definition) is 3. The van der Waals surface area contributed by atoms with Crippen molar-refractivity contribution >= 4 is 5.82 Å². The first-order valence-electron chi connectivity index (χ1n) is 5.63. The highest BCUT2D eigenvalue weighted by atomic mass is 19.4. The van der Waals surface area contributed by atoms with E-state index in [1.165, 1.54) is 18.3 Å². The van der Waals surface area contributed by atoms with E-state index in [1.54, 1.807) is 0 Å². The molecule has 20 heavy (non-hydrogen) atoms. The van der Waals surface area contributed by atoms with Gasteiger partial charge in [-0.3, -0.25) is 0 Å². The van der Waals surface area contributed by atoms with E-state index < -0.39 is 23.6 Å². The first kappa shape index (κ1) is 14.3. The van der Waals surface area contributed by atoms with E-state index in [9.17, 15) is 17.6 Å². The van der Waals surface area contributed by atoms with Gasteiger partial charge >= 0.3 is 6.18 Å². The maximum absolute atomic E-state index is 13.7. The van der Waals surface area contributed by atoms with Gasteiger partial charge in [-0.25, -0.2) is 9.37 Å². The molecule has 7 heteroatoms. The highest BCUT2D eigenvalue weighted by Gasteiger charge is 2.32. The average molecular weight is 285 g/mol. The minimum absolute atomic E-state index is 0.0526. The van der Waals surface area contributed by atoms with E-state index in [2.05, 4.69) is 4.98 Å². The molecule has 1 unspecified atom stereocenters. The third-order valence-electron chi connectivity index (χ3n) is 2.86. The first-order chi connectivity index (χ1) is 9.30. The Hall–Kier alpha value is -2.15. The van der Waals surface area contributed by atoms with Crippen LogP contribution in [0.25, 0.3) is 0 Å². The third-order valence-corrected chi connectivity index (χ3v) is 2.86. The van der Waals surface area contributed by atoms with Crippen molar-refractivity contribution in [1.82, 2.24) is 4.98 Å². The molecule has 2 rings (SSSR count). The monoisotopic (exact) mass is 285 g/mol. The number of rotatable bonds is 2. The molecular weight excluding hydrogens is 274 g/mol. The van der Waals surface area contributed by atoms with E-state index in [0.29, 0.717) is 12.1 Å². The highest BCUT2D eigenvalue weighted by molar-refractivity contribution is 5.46. The number of pyridine rings is 1. The first-order valence-corrected chi connectivity index (χ1v) is 5.63. The molecule has 0 saturated carbocycles. The minimum Gasteiger partial charge on any atom is -0.383 e. The predicted octanol–water partition coefficient (Wildman–Crippen LogP) is 2.87. The molecule has 1 atom stereocenters. The smallest absolute Gasteiger partial charge is 0.383 e. The van der Waals surface area contributed by atoms with Gasteiger partial charge in [0, 0.05) is 17.3 Å². The van der Waals surface area contributed by atoms with Crippen LogP contribution in [0.4, 0.5) is 23.4 Å². The molecule has 106 valence electrons. The summed E-state index contributed by atoms with van der Waals surface area (Å²) in [6, 6.07) is 3.99. The molecule has 0 aliphatic heterocycles. The molecule has 0 radical (unpaired) electrons. The van der Waals surface area contributed by atoms with E-state index in [4.69, 9.17) is 11.5 Å². The second-order valence-corrected chi connectivity index (χ2v) is 4.19. The zero-order valence-electron chi connectivity index (χ0n) is 10.2. The minimum atomic E-state index is -4.57. The van der Waals surface area contributed by atoms with Gasteiger partial charge in [0.05, 0.1) is 11.6 Å². The van der Waals surface area contributed by atoms with E-state index in [-0.39, 0.29) is 16.9 Å². The summed E-state index contributed by atoms with van der Waals surface area (Å²) in [6.45, 7) is 0. The molecule has 0 amide bonds. The van der Waals surface area contributed by atoms with Crippen LogP contribution in [0.15, 0.2) is 36.5 Å². The van der Waals surface area contributed by atoms with Crippen LogP contribution in [0.1, 0.15) is 22.7 Å². The number of nitrogens with zero attached hydrogens (tertiary/aromatic N) is 1. The normalized spacial score (nSPS) is 13.2. The van der Waals surface area contributed by atoms with Crippen molar-refractivity contribution in [1.29, 1.82) is 0 Å². The van der Waals surface area contributed by atoms with Crippen LogP contribution in [0, 0.1) is 5.82 Å². The number of nitrogens with two attached hydrogens (primary N) is 2. The lowest BCUT2D eigenvalue weighted by Crippen LogP contribution is -2.17. The molecule has 0 saturated heterocycles. The molecule has 3 nitrogen and oxygen atoms in total. The summed E-state index contributed by atoms with van der Waals surface area (Å²) in [7, 11) is 0. The zero-order chi connectivity index (χ0) is 14.9. The quantitative estimate of drug-likeness (QED) is 0.834. The van der Waals surface area contributed by atoms with Crippen LogP contribution < -0.4 is 11.5 Å². The van der Waals surface area contributed by atoms with Gasteiger partial charge in [-0.1, -0.05) is 6.07 Å². The SMILES string of the molecule is Nc1ncccc1C(N)c1cc(C(F)(F)F)ccc1F. The van der Waals surface area contributed by atoms with Gasteiger partial charge in [0.2, 0.25) is 0 Å². The Morgan fingerprint density at radius 3 is 2.40 bits per heavy atom. The summed E-state index contributed by atoms with van der Waals surface area (Å²) in [4.78, 5) is 3.78. The lowest BCUT2D eigenvalue weighted by atomic mass is 9.97. The lowest BCUT2D eigenvalue weighted by molar-refractivity contribution is -0.137. The Labute approximate surface area is 112 Å². The van der Waals surface area contributed by atoms with E-state index in [0.717, 1.165) is 6.07 Å². The topological polar surface area (TPSA) is 64.9 Å². The van der Waals surface area contributed by atoms with Gasteiger partial charge in [0.1, 0.15) is 11.6 Å². The molecule has 1 aromatic carbocycles. The van der Waals surface area contributed by atoms with E-state index >= 15 is 0 Å². The van der Waals surface area contributed by atoms with Crippen molar-refractivity contribution < 1.29 is 17.6 Å². The van der Waals surface area contributed by atoms with Gasteiger partial charge in [-0.05, 0) is 24.3 Å². The number of alkyl halides is 3. The second-order valence-electron chi connectivity index (χ2n) is 4.19. The van der Waals surface area contributed by atoms with Crippen LogP contribution >= 0.6 is 0 Å². The zero-order valence-corrected chi connectivity index (χ0v) is 10.2. The summed E-state index contributed by atoms with van der Waals surface area (Å²) in [5.74, 6) is -0.773. The molecule has 0 aliphatic carbocycles. The fourth-order valence-corrected chi connectivity index (χ4v) is 1.82. The molecule has 1 aromatic heterocycles. The maximum Gasteiger partial charge on any atom is 0.416 e. The van der Waals surface area contributed by atoms with Crippen LogP contribution in [-0.2, 0) is 6.18 Å². The van der Waals surface area contributed by atoms with Crippen molar-refractivity contribution in [3.8, 4) is 0 Å². The standard InChI is InChI=1S/C13H11F4N3/c14-10-4-3-7(13(15,16)17)6-9(10)11(18)8-2-1-5-20-12(8)19/h1-6,11H,18H2,(H2,19,20). The molecule has 0 aliphatic rings. The molecule has 2 aromatic rings. The molecule has 0 fully saturated rings. The Bertz CT molecular complexity index is 625. The van der Waals surface area contributed by atoms with Crippen LogP contribution in [-0.4, -0.2) is 4.98 Å². The molecule has 0 spiro atoms. The van der Waals surface area contributed by atoms with Gasteiger partial charge in [-0.15, -0.1) is 0 Å². The van der Waals surface area contributed by atoms with Crippen molar-refractivity contribution in [3.63, 3.8) is 0 Å². The fourth-order valence-electron chi connectivity index (χ4n) is 1.82. The average Bonchev–Trinajstić information content (AvgIpc) is 2.37. The van der Waals surface area contributed by atoms with Gasteiger partial charge < -0.3 is 11.5 Å². The Balaban J connectivity index is 2.50. The van der Waals surface area contributed by atoms with Crippen molar-refractivity contribution in [2.24, 2.45) is 5.73 Å². The summed E-state index contributed by atoms with van der Waals surface area (Å²) in [5, 5.41) is 0. The molecular formula is C13H11F4N3. The van der Waals surface area contributed by atoms with Crippen molar-refractivity contribution in [2.45, 2.75) is 12.2 Å². The number of nitrogen functional groups attached to an aromatic ring is 1. The second kappa shape index (κ2) is 5.09. The Morgan fingerprint density at radius 2 is 1.80 bits per heavy atom. The van der Waals surface area contributed by atoms with Gasteiger partial charge in [0.25, 0.3) is 0 Å². The van der Waals surface area contributed by atoms with Gasteiger partial charge in [0.15, 0.2) is 0 Å². The van der Waals surface area contributed by atoms with Gasteiger partial charge in [-0.2, -0.15) is 13.2 Å². The summed E-state index contributed by atoms with van der Waals surface area (Å²) >= 11 is 0. The Morgan fingerprint density at radius 1 is 1.10 bits per heavy atom. The fraction of sp³-hybridized carbons (Fsp3) is 0.154. The number of hydrogen-bond donors (Lipinski definition) is 2. The summed E-state index contributed by atoms with van der Waals surface area (Å²) < 4.78 is 51.7. The third kappa shape index (κ3) is 2.72. The maximum atomic E-state index is 13.7.